The molecule has 0 spiro atoms. The molecule has 2 rings (SSSR count). The monoisotopic (exact) mass is 250 g/mol. The number of anilines is 3. The van der Waals surface area contributed by atoms with E-state index in [9.17, 15) is 4.79 Å². The first-order valence-corrected chi connectivity index (χ1v) is 5.84. The maximum absolute atomic E-state index is 11.4. The first-order valence-electron chi connectivity index (χ1n) is 5.84. The molecule has 0 bridgehead atoms. The van der Waals surface area contributed by atoms with Gasteiger partial charge in [0.2, 0.25) is 5.91 Å². The Bertz CT molecular complexity index is 459. The molecule has 1 amide bonds. The van der Waals surface area contributed by atoms with E-state index in [4.69, 9.17) is 5.73 Å². The predicted molar refractivity (Wildman–Crippen MR) is 70.5 cm³/mol. The molecule has 0 atom stereocenters. The summed E-state index contributed by atoms with van der Waals surface area (Å²) in [6, 6.07) is 0. The number of amides is 1. The first-order chi connectivity index (χ1) is 8.52. The molecule has 0 saturated carbocycles. The Hall–Kier alpha value is -1.89. The molecule has 0 aromatic carbocycles. The number of nitrogens with one attached hydrogen (secondary N) is 3. The quantitative estimate of drug-likeness (QED) is 0.610. The van der Waals surface area contributed by atoms with Gasteiger partial charge in [-0.05, 0) is 12.0 Å². The Morgan fingerprint density at radius 1 is 1.50 bits per heavy atom. The molecule has 7 heteroatoms. The van der Waals surface area contributed by atoms with E-state index in [2.05, 4.69) is 39.8 Å². The zero-order valence-corrected chi connectivity index (χ0v) is 10.6. The lowest BCUT2D eigenvalue weighted by Gasteiger charge is -2.25. The third-order valence-electron chi connectivity index (χ3n) is 2.82. The zero-order chi connectivity index (χ0) is 13.2. The molecule has 0 fully saturated rings. The minimum absolute atomic E-state index is 0.0378. The molecule has 0 saturated heterocycles. The molecular weight excluding hydrogens is 232 g/mol. The van der Waals surface area contributed by atoms with E-state index < -0.39 is 0 Å². The van der Waals surface area contributed by atoms with Crippen molar-refractivity contribution >= 4 is 23.2 Å². The summed E-state index contributed by atoms with van der Waals surface area (Å²) in [5.41, 5.74) is 6.24. The summed E-state index contributed by atoms with van der Waals surface area (Å²) in [4.78, 5) is 19.6. The summed E-state index contributed by atoms with van der Waals surface area (Å²) < 4.78 is 0. The van der Waals surface area contributed by atoms with Crippen molar-refractivity contribution < 1.29 is 4.79 Å². The highest BCUT2D eigenvalue weighted by atomic mass is 16.2. The second-order valence-electron chi connectivity index (χ2n) is 5.07. The van der Waals surface area contributed by atoms with Gasteiger partial charge in [0, 0.05) is 6.54 Å². The van der Waals surface area contributed by atoms with Gasteiger partial charge in [-0.1, -0.05) is 13.8 Å². The summed E-state index contributed by atoms with van der Waals surface area (Å²) in [6.45, 7) is 5.59. The molecule has 7 nitrogen and oxygen atoms in total. The summed E-state index contributed by atoms with van der Waals surface area (Å²) in [5.74, 6) is 1.15. The normalized spacial score (nSPS) is 14.5. The van der Waals surface area contributed by atoms with Crippen LogP contribution in [0, 0.1) is 5.41 Å². The second kappa shape index (κ2) is 4.77. The Balaban J connectivity index is 2.16. The number of nitrogens with two attached hydrogens (primary N) is 1. The lowest BCUT2D eigenvalue weighted by atomic mass is 9.94. The van der Waals surface area contributed by atoms with Gasteiger partial charge < -0.3 is 21.7 Å². The lowest BCUT2D eigenvalue weighted by Crippen LogP contribution is -2.33. The molecule has 0 aliphatic carbocycles. The summed E-state index contributed by atoms with van der Waals surface area (Å²) in [7, 11) is 0. The molecular formula is C11H18N6O. The van der Waals surface area contributed by atoms with Crippen LogP contribution in [0.15, 0.2) is 6.33 Å². The molecule has 1 aromatic rings. The average molecular weight is 250 g/mol. The van der Waals surface area contributed by atoms with E-state index in [-0.39, 0.29) is 17.9 Å². The minimum atomic E-state index is -0.0987. The van der Waals surface area contributed by atoms with Gasteiger partial charge in [0.1, 0.15) is 12.0 Å². The average Bonchev–Trinajstić information content (AvgIpc) is 2.36. The van der Waals surface area contributed by atoms with Crippen LogP contribution in [0.25, 0.3) is 0 Å². The van der Waals surface area contributed by atoms with Gasteiger partial charge in [0.05, 0.1) is 6.54 Å². The molecule has 18 heavy (non-hydrogen) atoms. The molecule has 0 radical (unpaired) electrons. The largest absolute Gasteiger partial charge is 0.368 e. The summed E-state index contributed by atoms with van der Waals surface area (Å²) >= 11 is 0. The second-order valence-corrected chi connectivity index (χ2v) is 5.07. The topological polar surface area (TPSA) is 105 Å². The highest BCUT2D eigenvalue weighted by molar-refractivity contribution is 6.02. The van der Waals surface area contributed by atoms with Crippen LogP contribution in [0.1, 0.15) is 13.8 Å². The number of rotatable bonds is 4. The highest BCUT2D eigenvalue weighted by Gasteiger charge is 2.21. The molecule has 1 aliphatic heterocycles. The molecule has 1 aromatic heterocycles. The van der Waals surface area contributed by atoms with Crippen LogP contribution >= 0.6 is 0 Å². The first kappa shape index (κ1) is 12.6. The number of nitrogens with zero attached hydrogens (tertiary/aromatic N) is 2. The van der Waals surface area contributed by atoms with Crippen molar-refractivity contribution in [2.45, 2.75) is 13.8 Å². The van der Waals surface area contributed by atoms with Gasteiger partial charge in [-0.2, -0.15) is 0 Å². The third kappa shape index (κ3) is 2.67. The standard InChI is InChI=1S/C11H18N6O/c1-11(2,4-12)5-14-10-8-9(15-6-16-10)13-3-7(18)17-8/h6H,3-5,12H2,1-2H3,(H,17,18)(H2,13,14,15,16). The Labute approximate surface area is 106 Å². The van der Waals surface area contributed by atoms with Crippen molar-refractivity contribution in [3.63, 3.8) is 0 Å². The number of hydrogen-bond acceptors (Lipinski definition) is 6. The van der Waals surface area contributed by atoms with Gasteiger partial charge in [-0.3, -0.25) is 4.79 Å². The predicted octanol–water partition coefficient (Wildman–Crippen LogP) is 0.237. The number of carbonyl (C=O) groups excluding carboxylic acids is 1. The van der Waals surface area contributed by atoms with E-state index in [1.807, 2.05) is 0 Å². The van der Waals surface area contributed by atoms with Crippen molar-refractivity contribution in [1.29, 1.82) is 0 Å². The van der Waals surface area contributed by atoms with Gasteiger partial charge in [0.25, 0.3) is 0 Å². The third-order valence-corrected chi connectivity index (χ3v) is 2.82. The Morgan fingerprint density at radius 2 is 2.28 bits per heavy atom. The fourth-order valence-electron chi connectivity index (χ4n) is 1.51. The number of carbonyl (C=O) groups is 1. The maximum atomic E-state index is 11.4. The van der Waals surface area contributed by atoms with Crippen LogP contribution in [0.3, 0.4) is 0 Å². The van der Waals surface area contributed by atoms with Crippen LogP contribution < -0.4 is 21.7 Å². The van der Waals surface area contributed by atoms with Crippen molar-refractivity contribution in [2.24, 2.45) is 11.1 Å². The fourth-order valence-corrected chi connectivity index (χ4v) is 1.51. The van der Waals surface area contributed by atoms with Crippen molar-refractivity contribution in [2.75, 3.05) is 35.6 Å². The molecule has 0 unspecified atom stereocenters. The minimum Gasteiger partial charge on any atom is -0.368 e. The van der Waals surface area contributed by atoms with E-state index in [1.165, 1.54) is 6.33 Å². The highest BCUT2D eigenvalue weighted by Crippen LogP contribution is 2.29. The van der Waals surface area contributed by atoms with Crippen LogP contribution in [-0.4, -0.2) is 35.5 Å². The maximum Gasteiger partial charge on any atom is 0.243 e. The smallest absolute Gasteiger partial charge is 0.243 e. The number of fused-ring (bicyclic) bond motifs is 1. The lowest BCUT2D eigenvalue weighted by molar-refractivity contribution is -0.114. The molecule has 98 valence electrons. The van der Waals surface area contributed by atoms with Gasteiger partial charge in [0.15, 0.2) is 11.6 Å². The van der Waals surface area contributed by atoms with Gasteiger partial charge in [-0.15, -0.1) is 0 Å². The van der Waals surface area contributed by atoms with Crippen molar-refractivity contribution in [3.8, 4) is 0 Å². The zero-order valence-electron chi connectivity index (χ0n) is 10.6. The van der Waals surface area contributed by atoms with Gasteiger partial charge >= 0.3 is 0 Å². The Morgan fingerprint density at radius 3 is 3.00 bits per heavy atom. The van der Waals surface area contributed by atoms with Crippen molar-refractivity contribution in [1.82, 2.24) is 9.97 Å². The molecule has 2 heterocycles. The van der Waals surface area contributed by atoms with E-state index in [0.717, 1.165) is 0 Å². The summed E-state index contributed by atoms with van der Waals surface area (Å²) in [6.07, 6.45) is 1.46. The summed E-state index contributed by atoms with van der Waals surface area (Å²) in [5, 5.41) is 8.90. The fraction of sp³-hybridized carbons (Fsp3) is 0.545. The number of aromatic nitrogens is 2. The van der Waals surface area contributed by atoms with Crippen LogP contribution in [0.2, 0.25) is 0 Å². The van der Waals surface area contributed by atoms with Crippen LogP contribution in [0.5, 0.6) is 0 Å². The van der Waals surface area contributed by atoms with E-state index in [1.54, 1.807) is 0 Å². The van der Waals surface area contributed by atoms with Crippen LogP contribution in [-0.2, 0) is 4.79 Å². The van der Waals surface area contributed by atoms with E-state index >= 15 is 0 Å². The van der Waals surface area contributed by atoms with E-state index in [0.29, 0.717) is 30.4 Å². The Kier molecular flexibility index (Phi) is 3.33. The number of hydrogen-bond donors (Lipinski definition) is 4. The van der Waals surface area contributed by atoms with Crippen molar-refractivity contribution in [3.05, 3.63) is 6.33 Å². The SMILES string of the molecule is CC(C)(CN)CNc1ncnc2c1NC(=O)CN2. The molecule has 5 N–H and O–H groups in total. The van der Waals surface area contributed by atoms with Crippen LogP contribution in [0.4, 0.5) is 17.3 Å². The van der Waals surface area contributed by atoms with Gasteiger partial charge in [-0.25, -0.2) is 9.97 Å². The molecule has 1 aliphatic rings.